The second-order valence-electron chi connectivity index (χ2n) is 3.26. The average Bonchev–Trinajstić information content (AvgIpc) is 2.34. The van der Waals surface area contributed by atoms with E-state index >= 15 is 0 Å². The molecule has 0 saturated carbocycles. The van der Waals surface area contributed by atoms with E-state index in [1.165, 1.54) is 0 Å². The van der Waals surface area contributed by atoms with Crippen LogP contribution < -0.4 is 0 Å². The van der Waals surface area contributed by atoms with E-state index < -0.39 is 24.1 Å². The van der Waals surface area contributed by atoms with Crippen LogP contribution >= 0.6 is 0 Å². The fraction of sp³-hybridized carbons (Fsp3) is 0.833. The van der Waals surface area contributed by atoms with E-state index in [4.69, 9.17) is 18.9 Å². The van der Waals surface area contributed by atoms with Crippen LogP contribution in [-0.2, 0) is 28.5 Å². The van der Waals surface area contributed by atoms with Gasteiger partial charge in [-0.2, -0.15) is 0 Å². The molecule has 18 heavy (non-hydrogen) atoms. The van der Waals surface area contributed by atoms with E-state index in [0.29, 0.717) is 0 Å². The van der Waals surface area contributed by atoms with Crippen LogP contribution in [0.3, 0.4) is 0 Å². The van der Waals surface area contributed by atoms with Crippen molar-refractivity contribution in [2.45, 2.75) is 39.9 Å². The quantitative estimate of drug-likeness (QED) is 0.575. The predicted octanol–water partition coefficient (Wildman–Crippen LogP) is 0.923. The molecule has 0 fully saturated rings. The van der Waals surface area contributed by atoms with Crippen molar-refractivity contribution in [2.24, 2.45) is 0 Å². The maximum absolute atomic E-state index is 11.7. The Morgan fingerprint density at radius 3 is 1.28 bits per heavy atom. The summed E-state index contributed by atoms with van der Waals surface area (Å²) in [5.41, 5.74) is 0. The van der Waals surface area contributed by atoms with E-state index in [0.717, 1.165) is 0 Å². The standard InChI is InChI=1S/C12H22O6/c1-5-15-9(11(13)17-7-3)10(16-6-2)12(14)18-8-4/h9-10H,5-8H2,1-4H3/t9-,10+. The highest BCUT2D eigenvalue weighted by Crippen LogP contribution is 2.09. The van der Waals surface area contributed by atoms with Crippen molar-refractivity contribution < 1.29 is 28.5 Å². The number of hydrogen-bond acceptors (Lipinski definition) is 6. The summed E-state index contributed by atoms with van der Waals surface area (Å²) in [6, 6.07) is 0. The van der Waals surface area contributed by atoms with Crippen LogP contribution in [0, 0.1) is 0 Å². The molecule has 6 nitrogen and oxygen atoms in total. The van der Waals surface area contributed by atoms with Crippen molar-refractivity contribution in [3.05, 3.63) is 0 Å². The van der Waals surface area contributed by atoms with Crippen molar-refractivity contribution in [3.8, 4) is 0 Å². The minimum atomic E-state index is -1.09. The van der Waals surface area contributed by atoms with Gasteiger partial charge in [0.2, 0.25) is 0 Å². The van der Waals surface area contributed by atoms with Gasteiger partial charge in [0.05, 0.1) is 13.2 Å². The number of rotatable bonds is 9. The van der Waals surface area contributed by atoms with Crippen LogP contribution in [0.15, 0.2) is 0 Å². The summed E-state index contributed by atoms with van der Waals surface area (Å²) in [4.78, 5) is 23.4. The monoisotopic (exact) mass is 262 g/mol. The second kappa shape index (κ2) is 9.85. The van der Waals surface area contributed by atoms with Crippen LogP contribution in [0.4, 0.5) is 0 Å². The van der Waals surface area contributed by atoms with Crippen LogP contribution in [0.1, 0.15) is 27.7 Å². The van der Waals surface area contributed by atoms with Crippen molar-refractivity contribution in [2.75, 3.05) is 26.4 Å². The van der Waals surface area contributed by atoms with Crippen molar-refractivity contribution >= 4 is 11.9 Å². The van der Waals surface area contributed by atoms with Crippen molar-refractivity contribution in [1.29, 1.82) is 0 Å². The molecule has 0 N–H and O–H groups in total. The Balaban J connectivity index is 4.84. The fourth-order valence-electron chi connectivity index (χ4n) is 1.37. The van der Waals surface area contributed by atoms with E-state index in [1.807, 2.05) is 0 Å². The Morgan fingerprint density at radius 2 is 1.06 bits per heavy atom. The van der Waals surface area contributed by atoms with Crippen molar-refractivity contribution in [1.82, 2.24) is 0 Å². The third kappa shape index (κ3) is 5.46. The van der Waals surface area contributed by atoms with Gasteiger partial charge in [-0.3, -0.25) is 0 Å². The Kier molecular flexibility index (Phi) is 9.22. The lowest BCUT2D eigenvalue weighted by molar-refractivity contribution is -0.182. The highest BCUT2D eigenvalue weighted by molar-refractivity contribution is 5.85. The first kappa shape index (κ1) is 16.9. The smallest absolute Gasteiger partial charge is 0.338 e. The maximum Gasteiger partial charge on any atom is 0.338 e. The molecule has 0 aliphatic rings. The molecule has 0 aliphatic heterocycles. The van der Waals surface area contributed by atoms with Gasteiger partial charge >= 0.3 is 11.9 Å². The third-order valence-corrected chi connectivity index (χ3v) is 2.01. The average molecular weight is 262 g/mol. The lowest BCUT2D eigenvalue weighted by Gasteiger charge is -2.23. The number of hydrogen-bond donors (Lipinski definition) is 0. The molecule has 0 aromatic heterocycles. The Morgan fingerprint density at radius 1 is 0.722 bits per heavy atom. The van der Waals surface area contributed by atoms with Gasteiger partial charge in [0.15, 0.2) is 12.2 Å². The summed E-state index contributed by atoms with van der Waals surface area (Å²) in [5.74, 6) is -1.24. The molecular formula is C12H22O6. The van der Waals surface area contributed by atoms with Gasteiger partial charge in [0, 0.05) is 13.2 Å². The largest absolute Gasteiger partial charge is 0.464 e. The zero-order chi connectivity index (χ0) is 14.0. The van der Waals surface area contributed by atoms with Gasteiger partial charge in [-0.05, 0) is 27.7 Å². The molecule has 0 aromatic carbocycles. The van der Waals surface area contributed by atoms with Crippen LogP contribution in [0.5, 0.6) is 0 Å². The summed E-state index contributed by atoms with van der Waals surface area (Å²) >= 11 is 0. The lowest BCUT2D eigenvalue weighted by atomic mass is 10.2. The molecular weight excluding hydrogens is 240 g/mol. The molecule has 0 aromatic rings. The van der Waals surface area contributed by atoms with E-state index in [1.54, 1.807) is 27.7 Å². The van der Waals surface area contributed by atoms with E-state index in [2.05, 4.69) is 0 Å². The summed E-state index contributed by atoms with van der Waals surface area (Å²) in [5, 5.41) is 0. The Hall–Kier alpha value is -1.14. The minimum absolute atomic E-state index is 0.212. The number of ether oxygens (including phenoxy) is 4. The molecule has 0 spiro atoms. The number of carbonyl (C=O) groups is 2. The molecule has 0 bridgehead atoms. The second-order valence-corrected chi connectivity index (χ2v) is 3.26. The zero-order valence-corrected chi connectivity index (χ0v) is 11.4. The number of carbonyl (C=O) groups excluding carboxylic acids is 2. The first-order valence-corrected chi connectivity index (χ1v) is 6.18. The summed E-state index contributed by atoms with van der Waals surface area (Å²) in [6.07, 6.45) is -2.18. The molecule has 0 amide bonds. The highest BCUT2D eigenvalue weighted by atomic mass is 16.6. The molecule has 0 radical (unpaired) electrons. The zero-order valence-electron chi connectivity index (χ0n) is 11.4. The van der Waals surface area contributed by atoms with Gasteiger partial charge in [0.25, 0.3) is 0 Å². The molecule has 106 valence electrons. The van der Waals surface area contributed by atoms with Gasteiger partial charge in [-0.1, -0.05) is 0 Å². The van der Waals surface area contributed by atoms with E-state index in [9.17, 15) is 9.59 Å². The minimum Gasteiger partial charge on any atom is -0.464 e. The van der Waals surface area contributed by atoms with Gasteiger partial charge in [-0.25, -0.2) is 9.59 Å². The summed E-state index contributed by atoms with van der Waals surface area (Å²) in [6.45, 7) is 7.77. The Bertz CT molecular complexity index is 227. The number of esters is 2. The summed E-state index contributed by atoms with van der Waals surface area (Å²) < 4.78 is 20.2. The molecule has 0 rings (SSSR count). The van der Waals surface area contributed by atoms with Crippen LogP contribution in [-0.4, -0.2) is 50.6 Å². The molecule has 0 heterocycles. The molecule has 0 saturated heterocycles. The van der Waals surface area contributed by atoms with Crippen LogP contribution in [0.25, 0.3) is 0 Å². The molecule has 2 atom stereocenters. The van der Waals surface area contributed by atoms with Gasteiger partial charge in [0.1, 0.15) is 0 Å². The highest BCUT2D eigenvalue weighted by Gasteiger charge is 2.37. The van der Waals surface area contributed by atoms with Gasteiger partial charge in [-0.15, -0.1) is 0 Å². The first-order valence-electron chi connectivity index (χ1n) is 6.18. The van der Waals surface area contributed by atoms with Gasteiger partial charge < -0.3 is 18.9 Å². The fourth-order valence-corrected chi connectivity index (χ4v) is 1.37. The Labute approximate surface area is 108 Å². The predicted molar refractivity (Wildman–Crippen MR) is 64.1 cm³/mol. The first-order chi connectivity index (χ1) is 8.62. The van der Waals surface area contributed by atoms with Crippen LogP contribution in [0.2, 0.25) is 0 Å². The van der Waals surface area contributed by atoms with Crippen molar-refractivity contribution in [3.63, 3.8) is 0 Å². The topological polar surface area (TPSA) is 71.1 Å². The third-order valence-electron chi connectivity index (χ3n) is 2.01. The lowest BCUT2D eigenvalue weighted by Crippen LogP contribution is -2.45. The normalized spacial score (nSPS) is 13.8. The molecule has 0 aliphatic carbocycles. The summed E-state index contributed by atoms with van der Waals surface area (Å²) in [7, 11) is 0. The maximum atomic E-state index is 11.7. The van der Waals surface area contributed by atoms with E-state index in [-0.39, 0.29) is 26.4 Å². The molecule has 6 heteroatoms. The molecule has 0 unspecified atom stereocenters. The SMILES string of the molecule is CCOC(=O)[C@@H](OCC)[C@@H](OCC)C(=O)OCC.